The van der Waals surface area contributed by atoms with Gasteiger partial charge < -0.3 is 4.90 Å². The summed E-state index contributed by atoms with van der Waals surface area (Å²) in [5.74, 6) is -0.483. The summed E-state index contributed by atoms with van der Waals surface area (Å²) in [5, 5.41) is 8.59. The minimum Gasteiger partial charge on any atom is -0.367 e. The van der Waals surface area contributed by atoms with Gasteiger partial charge in [0.1, 0.15) is 0 Å². The number of para-hydroxylation sites is 1. The summed E-state index contributed by atoms with van der Waals surface area (Å²) in [6.45, 7) is 1.86. The van der Waals surface area contributed by atoms with Crippen LogP contribution in [0.4, 0.5) is 5.69 Å². The lowest BCUT2D eigenvalue weighted by atomic mass is 10.1. The Kier molecular flexibility index (Phi) is 3.39. The standard InChI is InChI=1S/C16H16N2O2/c19-16(17-20)14-7-5-12(6-8-14)11-18-10-9-13-3-1-2-4-15(13)18/h1-8,20H,9-11H2,(H,17,19). The van der Waals surface area contributed by atoms with Crippen LogP contribution in [0.15, 0.2) is 48.5 Å². The minimum atomic E-state index is -0.483. The van der Waals surface area contributed by atoms with Gasteiger partial charge in [-0.3, -0.25) is 10.0 Å². The second-order valence-corrected chi connectivity index (χ2v) is 4.94. The minimum absolute atomic E-state index is 0.457. The number of carbonyl (C=O) groups excluding carboxylic acids is 1. The van der Waals surface area contributed by atoms with Gasteiger partial charge in [-0.05, 0) is 35.7 Å². The van der Waals surface area contributed by atoms with E-state index in [9.17, 15) is 4.79 Å². The van der Waals surface area contributed by atoms with Crippen molar-refractivity contribution >= 4 is 11.6 Å². The molecule has 1 heterocycles. The first-order valence-electron chi connectivity index (χ1n) is 6.64. The van der Waals surface area contributed by atoms with Crippen molar-refractivity contribution in [2.24, 2.45) is 0 Å². The third-order valence-corrected chi connectivity index (χ3v) is 3.67. The van der Waals surface area contributed by atoms with E-state index in [2.05, 4.69) is 29.2 Å². The van der Waals surface area contributed by atoms with E-state index in [0.717, 1.165) is 25.1 Å². The Morgan fingerprint density at radius 2 is 1.90 bits per heavy atom. The molecule has 1 amide bonds. The molecule has 0 bridgehead atoms. The molecule has 0 atom stereocenters. The van der Waals surface area contributed by atoms with Crippen LogP contribution in [0.1, 0.15) is 21.5 Å². The summed E-state index contributed by atoms with van der Waals surface area (Å²) in [7, 11) is 0. The smallest absolute Gasteiger partial charge is 0.274 e. The van der Waals surface area contributed by atoms with Gasteiger partial charge in [-0.15, -0.1) is 0 Å². The maximum Gasteiger partial charge on any atom is 0.274 e. The van der Waals surface area contributed by atoms with Crippen molar-refractivity contribution in [3.05, 3.63) is 65.2 Å². The van der Waals surface area contributed by atoms with Crippen LogP contribution in [0.5, 0.6) is 0 Å². The highest BCUT2D eigenvalue weighted by molar-refractivity contribution is 5.93. The molecule has 1 aliphatic rings. The molecule has 20 heavy (non-hydrogen) atoms. The molecular formula is C16H16N2O2. The van der Waals surface area contributed by atoms with E-state index in [0.29, 0.717) is 5.56 Å². The third-order valence-electron chi connectivity index (χ3n) is 3.67. The van der Waals surface area contributed by atoms with Crippen LogP contribution in [-0.4, -0.2) is 17.7 Å². The summed E-state index contributed by atoms with van der Waals surface area (Å²) in [5.41, 5.74) is 5.93. The van der Waals surface area contributed by atoms with Gasteiger partial charge in [-0.1, -0.05) is 30.3 Å². The number of anilines is 1. The van der Waals surface area contributed by atoms with Gasteiger partial charge in [0, 0.05) is 24.3 Å². The van der Waals surface area contributed by atoms with Crippen LogP contribution < -0.4 is 10.4 Å². The second-order valence-electron chi connectivity index (χ2n) is 4.94. The first-order valence-corrected chi connectivity index (χ1v) is 6.64. The molecule has 3 rings (SSSR count). The molecule has 4 nitrogen and oxygen atoms in total. The van der Waals surface area contributed by atoms with Gasteiger partial charge in [0.05, 0.1) is 0 Å². The lowest BCUT2D eigenvalue weighted by molar-refractivity contribution is 0.0706. The Hall–Kier alpha value is -2.33. The van der Waals surface area contributed by atoms with Crippen molar-refractivity contribution in [3.63, 3.8) is 0 Å². The Morgan fingerprint density at radius 3 is 2.65 bits per heavy atom. The molecule has 0 spiro atoms. The summed E-state index contributed by atoms with van der Waals surface area (Å²) in [6.07, 6.45) is 1.08. The number of nitrogens with zero attached hydrogens (tertiary/aromatic N) is 1. The molecule has 0 saturated carbocycles. The predicted molar refractivity (Wildman–Crippen MR) is 76.9 cm³/mol. The van der Waals surface area contributed by atoms with Crippen molar-refractivity contribution < 1.29 is 10.0 Å². The Bertz CT molecular complexity index is 623. The van der Waals surface area contributed by atoms with Gasteiger partial charge in [0.2, 0.25) is 0 Å². The van der Waals surface area contributed by atoms with Gasteiger partial charge in [0.15, 0.2) is 0 Å². The van der Waals surface area contributed by atoms with E-state index in [1.165, 1.54) is 11.3 Å². The molecule has 0 fully saturated rings. The normalized spacial score (nSPS) is 13.2. The fraction of sp³-hybridized carbons (Fsp3) is 0.188. The van der Waals surface area contributed by atoms with E-state index in [1.54, 1.807) is 17.6 Å². The maximum atomic E-state index is 11.3. The quantitative estimate of drug-likeness (QED) is 0.663. The molecule has 2 aromatic carbocycles. The molecule has 0 aromatic heterocycles. The van der Waals surface area contributed by atoms with E-state index in [1.807, 2.05) is 12.1 Å². The fourth-order valence-corrected chi connectivity index (χ4v) is 2.62. The Morgan fingerprint density at radius 1 is 1.15 bits per heavy atom. The van der Waals surface area contributed by atoms with Crippen LogP contribution in [0.2, 0.25) is 0 Å². The van der Waals surface area contributed by atoms with Gasteiger partial charge in [-0.25, -0.2) is 5.48 Å². The first-order chi connectivity index (χ1) is 9.78. The van der Waals surface area contributed by atoms with Crippen molar-refractivity contribution in [2.75, 3.05) is 11.4 Å². The summed E-state index contributed by atoms with van der Waals surface area (Å²) in [4.78, 5) is 13.6. The van der Waals surface area contributed by atoms with Gasteiger partial charge >= 0.3 is 0 Å². The molecule has 0 unspecified atom stereocenters. The first kappa shape index (κ1) is 12.7. The lowest BCUT2D eigenvalue weighted by Crippen LogP contribution is -2.20. The van der Waals surface area contributed by atoms with Crippen LogP contribution >= 0.6 is 0 Å². The Labute approximate surface area is 117 Å². The second kappa shape index (κ2) is 5.35. The van der Waals surface area contributed by atoms with E-state index < -0.39 is 5.91 Å². The number of rotatable bonds is 3. The maximum absolute atomic E-state index is 11.3. The summed E-state index contributed by atoms with van der Waals surface area (Å²) >= 11 is 0. The highest BCUT2D eigenvalue weighted by atomic mass is 16.5. The van der Waals surface area contributed by atoms with Crippen LogP contribution in [0, 0.1) is 0 Å². The zero-order chi connectivity index (χ0) is 13.9. The molecule has 0 aliphatic carbocycles. The fourth-order valence-electron chi connectivity index (χ4n) is 2.62. The lowest BCUT2D eigenvalue weighted by Gasteiger charge is -2.19. The number of nitrogens with one attached hydrogen (secondary N) is 1. The average molecular weight is 268 g/mol. The number of hydrogen-bond acceptors (Lipinski definition) is 3. The number of hydroxylamine groups is 1. The highest BCUT2D eigenvalue weighted by Gasteiger charge is 2.18. The molecule has 102 valence electrons. The molecular weight excluding hydrogens is 252 g/mol. The molecule has 0 saturated heterocycles. The van der Waals surface area contributed by atoms with Gasteiger partial charge in [0.25, 0.3) is 5.91 Å². The van der Waals surface area contributed by atoms with Crippen molar-refractivity contribution in [1.29, 1.82) is 0 Å². The van der Waals surface area contributed by atoms with Crippen molar-refractivity contribution in [3.8, 4) is 0 Å². The molecule has 0 radical (unpaired) electrons. The molecule has 1 aliphatic heterocycles. The monoisotopic (exact) mass is 268 g/mol. The third kappa shape index (κ3) is 2.38. The Balaban J connectivity index is 1.75. The number of amides is 1. The zero-order valence-electron chi connectivity index (χ0n) is 11.0. The topological polar surface area (TPSA) is 52.6 Å². The van der Waals surface area contributed by atoms with E-state index in [-0.39, 0.29) is 0 Å². The number of benzene rings is 2. The van der Waals surface area contributed by atoms with Crippen LogP contribution in [0.3, 0.4) is 0 Å². The van der Waals surface area contributed by atoms with E-state index in [4.69, 9.17) is 5.21 Å². The van der Waals surface area contributed by atoms with Crippen LogP contribution in [0.25, 0.3) is 0 Å². The van der Waals surface area contributed by atoms with Crippen molar-refractivity contribution in [1.82, 2.24) is 5.48 Å². The van der Waals surface area contributed by atoms with E-state index >= 15 is 0 Å². The summed E-state index contributed by atoms with van der Waals surface area (Å²) in [6, 6.07) is 15.7. The number of fused-ring (bicyclic) bond motifs is 1. The van der Waals surface area contributed by atoms with Crippen molar-refractivity contribution in [2.45, 2.75) is 13.0 Å². The average Bonchev–Trinajstić information content (AvgIpc) is 2.91. The van der Waals surface area contributed by atoms with Crippen LogP contribution in [-0.2, 0) is 13.0 Å². The largest absolute Gasteiger partial charge is 0.367 e. The number of carbonyl (C=O) groups is 1. The number of hydrogen-bond donors (Lipinski definition) is 2. The zero-order valence-corrected chi connectivity index (χ0v) is 11.0. The molecule has 4 heteroatoms. The molecule has 2 aromatic rings. The van der Waals surface area contributed by atoms with Gasteiger partial charge in [-0.2, -0.15) is 0 Å². The highest BCUT2D eigenvalue weighted by Crippen LogP contribution is 2.28. The SMILES string of the molecule is O=C(NO)c1ccc(CN2CCc3ccccc32)cc1. The molecule has 2 N–H and O–H groups in total. The predicted octanol–water partition coefficient (Wildman–Crippen LogP) is 2.37. The summed E-state index contributed by atoms with van der Waals surface area (Å²) < 4.78 is 0.